The molecule has 2 atom stereocenters. The number of carbonyl (C=O) groups is 2. The van der Waals surface area contributed by atoms with E-state index in [0.29, 0.717) is 12.8 Å². The largest absolute Gasteiger partial charge is 0.481 e. The van der Waals surface area contributed by atoms with E-state index in [1.165, 1.54) is 0 Å². The lowest BCUT2D eigenvalue weighted by Gasteiger charge is -2.14. The number of nitrogens with one attached hydrogen (secondary N) is 2. The number of carboxylic acid groups (broad SMARTS) is 1. The van der Waals surface area contributed by atoms with E-state index >= 15 is 0 Å². The quantitative estimate of drug-likeness (QED) is 0.615. The van der Waals surface area contributed by atoms with Crippen LogP contribution in [0.2, 0.25) is 0 Å². The lowest BCUT2D eigenvalue weighted by Crippen LogP contribution is -2.36. The van der Waals surface area contributed by atoms with E-state index in [0.717, 1.165) is 25.8 Å². The van der Waals surface area contributed by atoms with Crippen LogP contribution in [0.1, 0.15) is 39.0 Å². The van der Waals surface area contributed by atoms with Crippen LogP contribution in [-0.2, 0) is 9.59 Å². The summed E-state index contributed by atoms with van der Waals surface area (Å²) in [5.74, 6) is -1.33. The first-order chi connectivity index (χ1) is 8.13. The zero-order chi connectivity index (χ0) is 12.7. The van der Waals surface area contributed by atoms with Gasteiger partial charge >= 0.3 is 5.97 Å². The molecule has 98 valence electrons. The normalized spacial score (nSPS) is 21.1. The summed E-state index contributed by atoms with van der Waals surface area (Å²) in [7, 11) is 0. The molecule has 1 amide bonds. The zero-order valence-electron chi connectivity index (χ0n) is 10.4. The number of carbonyl (C=O) groups excluding carboxylic acids is 1. The van der Waals surface area contributed by atoms with Crippen LogP contribution in [0.15, 0.2) is 0 Å². The lowest BCUT2D eigenvalue weighted by molar-refractivity contribution is -0.141. The maximum Gasteiger partial charge on any atom is 0.308 e. The van der Waals surface area contributed by atoms with E-state index in [-0.39, 0.29) is 18.5 Å². The smallest absolute Gasteiger partial charge is 0.308 e. The molecule has 1 aliphatic heterocycles. The summed E-state index contributed by atoms with van der Waals surface area (Å²) in [6, 6.07) is 0.268. The molecule has 1 saturated heterocycles. The highest BCUT2D eigenvalue weighted by Crippen LogP contribution is 2.09. The van der Waals surface area contributed by atoms with Crippen molar-refractivity contribution in [2.45, 2.75) is 45.1 Å². The van der Waals surface area contributed by atoms with Gasteiger partial charge in [0.05, 0.1) is 5.92 Å². The molecule has 0 aromatic rings. The monoisotopic (exact) mass is 242 g/mol. The first-order valence-corrected chi connectivity index (χ1v) is 6.36. The Morgan fingerprint density at radius 1 is 1.53 bits per heavy atom. The fraction of sp³-hybridized carbons (Fsp3) is 0.833. The minimum atomic E-state index is -0.828. The number of hydrogen-bond donors (Lipinski definition) is 3. The van der Waals surface area contributed by atoms with Crippen molar-refractivity contribution < 1.29 is 14.7 Å². The summed E-state index contributed by atoms with van der Waals surface area (Å²) in [6.07, 6.45) is 4.03. The lowest BCUT2D eigenvalue weighted by atomic mass is 10.0. The van der Waals surface area contributed by atoms with E-state index in [2.05, 4.69) is 10.6 Å². The fourth-order valence-corrected chi connectivity index (χ4v) is 2.13. The minimum absolute atomic E-state index is 0.0493. The molecule has 0 bridgehead atoms. The van der Waals surface area contributed by atoms with Crippen LogP contribution in [0.5, 0.6) is 0 Å². The zero-order valence-corrected chi connectivity index (χ0v) is 10.4. The van der Waals surface area contributed by atoms with E-state index in [1.54, 1.807) is 0 Å². The second-order valence-electron chi connectivity index (χ2n) is 4.63. The van der Waals surface area contributed by atoms with Crippen molar-refractivity contribution in [2.24, 2.45) is 5.92 Å². The highest BCUT2D eigenvalue weighted by molar-refractivity contribution is 5.77. The molecule has 0 spiro atoms. The molecular weight excluding hydrogens is 220 g/mol. The molecule has 1 fully saturated rings. The molecule has 1 aliphatic rings. The molecule has 0 radical (unpaired) electrons. The van der Waals surface area contributed by atoms with E-state index in [1.807, 2.05) is 6.92 Å². The maximum absolute atomic E-state index is 11.6. The van der Waals surface area contributed by atoms with Crippen LogP contribution < -0.4 is 10.6 Å². The number of aliphatic carboxylic acids is 1. The molecule has 3 N–H and O–H groups in total. The number of rotatable bonds is 7. The average molecular weight is 242 g/mol. The molecule has 1 rings (SSSR count). The second kappa shape index (κ2) is 7.27. The van der Waals surface area contributed by atoms with Gasteiger partial charge < -0.3 is 15.7 Å². The fourth-order valence-electron chi connectivity index (χ4n) is 2.13. The van der Waals surface area contributed by atoms with Crippen molar-refractivity contribution in [3.63, 3.8) is 0 Å². The van der Waals surface area contributed by atoms with Crippen molar-refractivity contribution in [3.05, 3.63) is 0 Å². The van der Waals surface area contributed by atoms with Crippen molar-refractivity contribution >= 4 is 11.9 Å². The van der Waals surface area contributed by atoms with Crippen molar-refractivity contribution in [2.75, 3.05) is 13.1 Å². The molecule has 0 aliphatic carbocycles. The number of carboxylic acids is 1. The van der Waals surface area contributed by atoms with Gasteiger partial charge in [0.1, 0.15) is 0 Å². The van der Waals surface area contributed by atoms with Crippen molar-refractivity contribution in [1.29, 1.82) is 0 Å². The van der Waals surface area contributed by atoms with Crippen LogP contribution >= 0.6 is 0 Å². The van der Waals surface area contributed by atoms with E-state index in [9.17, 15) is 9.59 Å². The third-order valence-electron chi connectivity index (χ3n) is 3.13. The number of hydrogen-bond acceptors (Lipinski definition) is 3. The van der Waals surface area contributed by atoms with Gasteiger partial charge in [-0.3, -0.25) is 9.59 Å². The van der Waals surface area contributed by atoms with Gasteiger partial charge in [0.25, 0.3) is 0 Å². The Morgan fingerprint density at radius 3 is 2.82 bits per heavy atom. The Morgan fingerprint density at radius 2 is 2.29 bits per heavy atom. The molecule has 1 heterocycles. The van der Waals surface area contributed by atoms with Gasteiger partial charge in [0, 0.05) is 19.0 Å². The van der Waals surface area contributed by atoms with Gasteiger partial charge in [0.15, 0.2) is 0 Å². The van der Waals surface area contributed by atoms with Gasteiger partial charge in [-0.1, -0.05) is 13.3 Å². The van der Waals surface area contributed by atoms with E-state index in [4.69, 9.17) is 5.11 Å². The summed E-state index contributed by atoms with van der Waals surface area (Å²) in [5, 5.41) is 14.9. The van der Waals surface area contributed by atoms with Gasteiger partial charge in [0.2, 0.25) is 5.91 Å². The summed E-state index contributed by atoms with van der Waals surface area (Å²) >= 11 is 0. The molecule has 17 heavy (non-hydrogen) atoms. The molecule has 5 heteroatoms. The standard InChI is InChI=1S/C12H22N2O3/c1-2-4-9(12(16)17)8-14-11(15)7-10-5-3-6-13-10/h9-10,13H,2-8H2,1H3,(H,14,15)(H,16,17). The molecule has 0 saturated carbocycles. The predicted molar refractivity (Wildman–Crippen MR) is 64.7 cm³/mol. The molecule has 2 unspecified atom stereocenters. The van der Waals surface area contributed by atoms with Gasteiger partial charge in [-0.15, -0.1) is 0 Å². The topological polar surface area (TPSA) is 78.4 Å². The van der Waals surface area contributed by atoms with Gasteiger partial charge in [-0.2, -0.15) is 0 Å². The Labute approximate surface area is 102 Å². The number of amides is 1. The molecule has 5 nitrogen and oxygen atoms in total. The summed E-state index contributed by atoms with van der Waals surface area (Å²) < 4.78 is 0. The van der Waals surface area contributed by atoms with Crippen LogP contribution in [0.25, 0.3) is 0 Å². The van der Waals surface area contributed by atoms with Gasteiger partial charge in [-0.25, -0.2) is 0 Å². The second-order valence-corrected chi connectivity index (χ2v) is 4.63. The summed E-state index contributed by atoms with van der Waals surface area (Å²) in [6.45, 7) is 3.17. The van der Waals surface area contributed by atoms with Crippen LogP contribution in [0.4, 0.5) is 0 Å². The Bertz CT molecular complexity index is 262. The third-order valence-corrected chi connectivity index (χ3v) is 3.13. The third kappa shape index (κ3) is 5.17. The Balaban J connectivity index is 2.22. The highest BCUT2D eigenvalue weighted by atomic mass is 16.4. The highest BCUT2D eigenvalue weighted by Gasteiger charge is 2.20. The molecule has 0 aromatic heterocycles. The SMILES string of the molecule is CCCC(CNC(=O)CC1CCCN1)C(=O)O. The minimum Gasteiger partial charge on any atom is -0.481 e. The Hall–Kier alpha value is -1.10. The van der Waals surface area contributed by atoms with E-state index < -0.39 is 11.9 Å². The first kappa shape index (κ1) is 14.0. The maximum atomic E-state index is 11.6. The van der Waals surface area contributed by atoms with Crippen LogP contribution in [0, 0.1) is 5.92 Å². The first-order valence-electron chi connectivity index (χ1n) is 6.36. The average Bonchev–Trinajstić information content (AvgIpc) is 2.76. The van der Waals surface area contributed by atoms with Crippen LogP contribution in [-0.4, -0.2) is 36.1 Å². The van der Waals surface area contributed by atoms with Crippen molar-refractivity contribution in [1.82, 2.24) is 10.6 Å². The predicted octanol–water partition coefficient (Wildman–Crippen LogP) is 0.746. The molecule has 0 aromatic carbocycles. The molecular formula is C12H22N2O3. The summed E-state index contributed by atoms with van der Waals surface area (Å²) in [5.41, 5.74) is 0. The van der Waals surface area contributed by atoms with Crippen molar-refractivity contribution in [3.8, 4) is 0 Å². The van der Waals surface area contributed by atoms with Gasteiger partial charge in [-0.05, 0) is 25.8 Å². The Kier molecular flexibility index (Phi) is 5.97. The summed E-state index contributed by atoms with van der Waals surface area (Å²) in [4.78, 5) is 22.5. The van der Waals surface area contributed by atoms with Crippen LogP contribution in [0.3, 0.4) is 0 Å².